The molecule has 21 heavy (non-hydrogen) atoms. The van der Waals surface area contributed by atoms with Crippen molar-refractivity contribution in [1.82, 2.24) is 0 Å². The van der Waals surface area contributed by atoms with E-state index >= 15 is 0 Å². The lowest BCUT2D eigenvalue weighted by molar-refractivity contribution is -0.303. The topological polar surface area (TPSA) is 179 Å². The van der Waals surface area contributed by atoms with Crippen molar-refractivity contribution in [2.24, 2.45) is 11.5 Å². The van der Waals surface area contributed by atoms with Crippen molar-refractivity contribution in [2.45, 2.75) is 44.4 Å². The number of aliphatic carboxylic acids is 1. The summed E-state index contributed by atoms with van der Waals surface area (Å²) in [4.78, 5) is 20.6. The van der Waals surface area contributed by atoms with Crippen LogP contribution in [0.1, 0.15) is 26.2 Å². The zero-order valence-corrected chi connectivity index (χ0v) is 11.7. The molecule has 7 N–H and O–H groups in total. The first kappa shape index (κ1) is 19.2. The first-order valence-corrected chi connectivity index (χ1v) is 6.40. The van der Waals surface area contributed by atoms with Crippen molar-refractivity contribution in [2.75, 3.05) is 6.54 Å². The Balaban J connectivity index is 0.000000384. The number of esters is 1. The third-order valence-electron chi connectivity index (χ3n) is 2.65. The van der Waals surface area contributed by atoms with Crippen LogP contribution >= 0.6 is 0 Å². The number of carboxylic acids is 1. The van der Waals surface area contributed by atoms with Gasteiger partial charge in [0, 0.05) is 5.76 Å². The molecule has 0 aromatic carbocycles. The number of unbranched alkanes of at least 4 members (excludes halogenated alkanes) is 1. The lowest BCUT2D eigenvalue weighted by Crippen LogP contribution is -2.29. The van der Waals surface area contributed by atoms with Gasteiger partial charge in [-0.15, -0.1) is 0 Å². The van der Waals surface area contributed by atoms with Gasteiger partial charge in [-0.25, -0.2) is 4.79 Å². The molecule has 9 nitrogen and oxygen atoms in total. The number of cyclic esters (lactones) is 1. The predicted molar refractivity (Wildman–Crippen MR) is 69.7 cm³/mol. The van der Waals surface area contributed by atoms with Gasteiger partial charge in [0.15, 0.2) is 6.10 Å². The summed E-state index contributed by atoms with van der Waals surface area (Å²) in [5.41, 5.74) is 10.4. The van der Waals surface area contributed by atoms with Gasteiger partial charge in [0.2, 0.25) is 0 Å². The van der Waals surface area contributed by atoms with Gasteiger partial charge in [0.1, 0.15) is 11.8 Å². The highest BCUT2D eigenvalue weighted by Crippen LogP contribution is 2.19. The Morgan fingerprint density at radius 1 is 1.48 bits per heavy atom. The highest BCUT2D eigenvalue weighted by atomic mass is 16.6. The van der Waals surface area contributed by atoms with Crippen LogP contribution in [0.2, 0.25) is 0 Å². The molecule has 0 fully saturated rings. The van der Waals surface area contributed by atoms with Gasteiger partial charge in [-0.05, 0) is 26.3 Å². The zero-order valence-electron chi connectivity index (χ0n) is 11.7. The number of rotatable bonds is 6. The Hall–Kier alpha value is -1.84. The first-order chi connectivity index (χ1) is 9.72. The van der Waals surface area contributed by atoms with Crippen LogP contribution in [-0.2, 0) is 14.3 Å². The van der Waals surface area contributed by atoms with Crippen LogP contribution in [0.3, 0.4) is 0 Å². The van der Waals surface area contributed by atoms with Crippen molar-refractivity contribution in [1.29, 1.82) is 0 Å². The van der Waals surface area contributed by atoms with E-state index in [1.54, 1.807) is 0 Å². The molecule has 0 bridgehead atoms. The van der Waals surface area contributed by atoms with Crippen LogP contribution in [0.15, 0.2) is 11.5 Å². The molecule has 1 aliphatic rings. The Morgan fingerprint density at radius 3 is 2.33 bits per heavy atom. The van der Waals surface area contributed by atoms with Crippen molar-refractivity contribution in [3.63, 3.8) is 0 Å². The average Bonchev–Trinajstić information content (AvgIpc) is 2.67. The zero-order chi connectivity index (χ0) is 16.6. The van der Waals surface area contributed by atoms with Crippen LogP contribution in [0.5, 0.6) is 0 Å². The molecule has 1 rings (SSSR count). The summed E-state index contributed by atoms with van der Waals surface area (Å²) in [5, 5.41) is 36.6. The van der Waals surface area contributed by atoms with E-state index in [1.165, 1.54) is 6.92 Å². The fourth-order valence-electron chi connectivity index (χ4n) is 1.42. The summed E-state index contributed by atoms with van der Waals surface area (Å²) in [7, 11) is 0. The van der Waals surface area contributed by atoms with E-state index in [4.69, 9.17) is 26.8 Å². The van der Waals surface area contributed by atoms with Gasteiger partial charge in [0.25, 0.3) is 0 Å². The molecule has 0 aromatic heterocycles. The molecule has 9 heteroatoms. The fraction of sp³-hybridized carbons (Fsp3) is 0.667. The van der Waals surface area contributed by atoms with Crippen LogP contribution in [0.4, 0.5) is 0 Å². The van der Waals surface area contributed by atoms with Gasteiger partial charge < -0.3 is 36.6 Å². The lowest BCUT2D eigenvalue weighted by Gasteiger charge is -2.12. The maximum atomic E-state index is 10.5. The molecular weight excluding hydrogens is 284 g/mol. The van der Waals surface area contributed by atoms with Crippen molar-refractivity contribution >= 4 is 11.9 Å². The smallest absolute Gasteiger partial charge is 0.327 e. The van der Waals surface area contributed by atoms with Gasteiger partial charge in [0.05, 0.1) is 6.10 Å². The number of carboxylic acid groups (broad SMARTS) is 1. The van der Waals surface area contributed by atoms with Crippen LogP contribution in [0.25, 0.3) is 0 Å². The minimum absolute atomic E-state index is 0.520. The van der Waals surface area contributed by atoms with Gasteiger partial charge >= 0.3 is 11.9 Å². The molecule has 1 heterocycles. The number of hydrogen-bond donors (Lipinski definition) is 5. The quantitative estimate of drug-likeness (QED) is 0.272. The number of ether oxygens (including phenoxy) is 1. The standard InChI is InChI=1S/C6H14N2O2.C6H8O5/c7-4-2-1-3-5(8)6(9)10;1-2(7)5-3(8)4(9)6(10)11-5/h5H,1-4,7-8H2,(H,9,10);2,5,7-9H,1H3/p-1/t5-;2-,5+/m00/s1. The van der Waals surface area contributed by atoms with Crippen molar-refractivity contribution in [3.05, 3.63) is 11.5 Å². The number of nitrogens with two attached hydrogens (primary N) is 2. The summed E-state index contributed by atoms with van der Waals surface area (Å²) >= 11 is 0. The number of carbonyl (C=O) groups excluding carboxylic acids is 1. The minimum Gasteiger partial charge on any atom is -0.865 e. The molecule has 0 saturated carbocycles. The SMILES string of the molecule is C[C@H](O)[C@H]1OC(=O)C([O-])=C1O.NCCCC[C@H](N)C(=O)O. The molecule has 0 radical (unpaired) electrons. The van der Waals surface area contributed by atoms with Crippen LogP contribution in [-0.4, -0.2) is 52.1 Å². The second-order valence-electron chi connectivity index (χ2n) is 4.51. The van der Waals surface area contributed by atoms with Crippen LogP contribution < -0.4 is 16.6 Å². The van der Waals surface area contributed by atoms with Gasteiger partial charge in [-0.2, -0.15) is 0 Å². The normalized spacial score (nSPS) is 20.4. The molecule has 3 atom stereocenters. The van der Waals surface area contributed by atoms with Gasteiger partial charge in [-0.1, -0.05) is 6.42 Å². The molecule has 0 aromatic rings. The molecule has 1 aliphatic heterocycles. The van der Waals surface area contributed by atoms with Crippen molar-refractivity contribution in [3.8, 4) is 0 Å². The average molecular weight is 305 g/mol. The summed E-state index contributed by atoms with van der Waals surface area (Å²) in [5.74, 6) is -3.84. The maximum Gasteiger partial charge on any atom is 0.327 e. The number of hydrogen-bond acceptors (Lipinski definition) is 8. The van der Waals surface area contributed by atoms with E-state index in [-0.39, 0.29) is 0 Å². The minimum atomic E-state index is -1.19. The van der Waals surface area contributed by atoms with Crippen molar-refractivity contribution < 1.29 is 34.8 Å². The van der Waals surface area contributed by atoms with E-state index in [9.17, 15) is 14.7 Å². The Bertz CT molecular complexity index is 395. The monoisotopic (exact) mass is 305 g/mol. The van der Waals surface area contributed by atoms with E-state index in [0.29, 0.717) is 13.0 Å². The van der Waals surface area contributed by atoms with E-state index < -0.39 is 41.7 Å². The summed E-state index contributed by atoms with van der Waals surface area (Å²) in [6.07, 6.45) is -0.0855. The number of aliphatic hydroxyl groups is 2. The van der Waals surface area contributed by atoms with E-state index in [2.05, 4.69) is 4.74 Å². The second-order valence-corrected chi connectivity index (χ2v) is 4.51. The summed E-state index contributed by atoms with van der Waals surface area (Å²) in [6, 6.07) is -0.716. The highest BCUT2D eigenvalue weighted by molar-refractivity contribution is 5.88. The molecule has 0 spiro atoms. The Kier molecular flexibility index (Phi) is 8.36. The summed E-state index contributed by atoms with van der Waals surface area (Å²) in [6.45, 7) is 1.92. The van der Waals surface area contributed by atoms with E-state index in [1.807, 2.05) is 0 Å². The maximum absolute atomic E-state index is 10.5. The molecule has 0 amide bonds. The lowest BCUT2D eigenvalue weighted by atomic mass is 10.1. The predicted octanol–water partition coefficient (Wildman–Crippen LogP) is -2.05. The molecule has 122 valence electrons. The van der Waals surface area contributed by atoms with Crippen LogP contribution in [0, 0.1) is 0 Å². The fourth-order valence-corrected chi connectivity index (χ4v) is 1.42. The Labute approximate surface area is 121 Å². The highest BCUT2D eigenvalue weighted by Gasteiger charge is 2.32. The molecule has 0 unspecified atom stereocenters. The largest absolute Gasteiger partial charge is 0.865 e. The first-order valence-electron chi connectivity index (χ1n) is 6.40. The molecule has 0 saturated heterocycles. The molecule has 0 aliphatic carbocycles. The number of carbonyl (C=O) groups is 2. The Morgan fingerprint density at radius 2 is 2.05 bits per heavy atom. The third-order valence-corrected chi connectivity index (χ3v) is 2.65. The second kappa shape index (κ2) is 9.16. The third kappa shape index (κ3) is 6.43. The summed E-state index contributed by atoms with van der Waals surface area (Å²) < 4.78 is 4.32. The number of aliphatic hydroxyl groups excluding tert-OH is 2. The van der Waals surface area contributed by atoms with E-state index in [0.717, 1.165) is 12.8 Å². The van der Waals surface area contributed by atoms with Gasteiger partial charge in [-0.3, -0.25) is 4.79 Å². The molecular formula is C12H21N2O7-.